The van der Waals surface area contributed by atoms with Crippen molar-refractivity contribution in [2.45, 2.75) is 20.4 Å². The van der Waals surface area contributed by atoms with Crippen LogP contribution >= 0.6 is 0 Å². The first-order chi connectivity index (χ1) is 9.99. The van der Waals surface area contributed by atoms with Gasteiger partial charge < -0.3 is 9.84 Å². The number of hydrogen-bond donors (Lipinski definition) is 1. The van der Waals surface area contributed by atoms with Crippen LogP contribution in [0, 0.1) is 13.8 Å². The van der Waals surface area contributed by atoms with Gasteiger partial charge in [0.25, 0.3) is 0 Å². The Kier molecular flexibility index (Phi) is 4.42. The fourth-order valence-corrected chi connectivity index (χ4v) is 2.18. The van der Waals surface area contributed by atoms with Crippen LogP contribution in [0.1, 0.15) is 22.5 Å². The van der Waals surface area contributed by atoms with E-state index < -0.39 is 5.97 Å². The van der Waals surface area contributed by atoms with E-state index in [0.717, 1.165) is 28.6 Å². The van der Waals surface area contributed by atoms with Crippen LogP contribution in [0.3, 0.4) is 0 Å². The summed E-state index contributed by atoms with van der Waals surface area (Å²) < 4.78 is 7.16. The second-order valence-corrected chi connectivity index (χ2v) is 4.83. The molecule has 0 aliphatic carbocycles. The molecule has 0 unspecified atom stereocenters. The zero-order valence-corrected chi connectivity index (χ0v) is 12.3. The quantitative estimate of drug-likeness (QED) is 0.858. The van der Waals surface area contributed by atoms with E-state index in [-0.39, 0.29) is 0 Å². The number of aliphatic carboxylic acids is 1. The summed E-state index contributed by atoms with van der Waals surface area (Å²) in [4.78, 5) is 10.7. The van der Waals surface area contributed by atoms with Crippen molar-refractivity contribution < 1.29 is 14.6 Å². The summed E-state index contributed by atoms with van der Waals surface area (Å²) in [6.07, 6.45) is 2.64. The lowest BCUT2D eigenvalue weighted by Gasteiger charge is -2.09. The normalized spacial score (nSPS) is 11.0. The van der Waals surface area contributed by atoms with Crippen molar-refractivity contribution in [1.29, 1.82) is 0 Å². The predicted molar refractivity (Wildman–Crippen MR) is 80.5 cm³/mol. The van der Waals surface area contributed by atoms with Gasteiger partial charge in [-0.3, -0.25) is 4.68 Å². The maximum atomic E-state index is 10.7. The third-order valence-corrected chi connectivity index (χ3v) is 3.14. The van der Waals surface area contributed by atoms with Gasteiger partial charge in [0.15, 0.2) is 0 Å². The molecule has 1 aromatic carbocycles. The highest BCUT2D eigenvalue weighted by Gasteiger charge is 2.06. The van der Waals surface area contributed by atoms with E-state index in [1.807, 2.05) is 42.8 Å². The zero-order valence-electron chi connectivity index (χ0n) is 12.3. The van der Waals surface area contributed by atoms with E-state index in [4.69, 9.17) is 9.84 Å². The Morgan fingerprint density at radius 2 is 2.14 bits per heavy atom. The minimum atomic E-state index is -0.985. The molecule has 1 heterocycles. The van der Waals surface area contributed by atoms with E-state index >= 15 is 0 Å². The first kappa shape index (κ1) is 14.8. The highest BCUT2D eigenvalue weighted by molar-refractivity contribution is 5.86. The number of rotatable bonds is 5. The second kappa shape index (κ2) is 6.26. The minimum Gasteiger partial charge on any atom is -0.496 e. The minimum absolute atomic E-state index is 0.636. The number of methoxy groups -OCH3 is 1. The average molecular weight is 286 g/mol. The highest BCUT2D eigenvalue weighted by atomic mass is 16.5. The van der Waals surface area contributed by atoms with Gasteiger partial charge in [0.1, 0.15) is 5.75 Å². The fraction of sp³-hybridized carbons (Fsp3) is 0.250. The van der Waals surface area contributed by atoms with Crippen LogP contribution in [-0.4, -0.2) is 28.0 Å². The molecule has 0 bridgehead atoms. The van der Waals surface area contributed by atoms with Crippen LogP contribution < -0.4 is 4.74 Å². The molecule has 0 spiro atoms. The second-order valence-electron chi connectivity index (χ2n) is 4.83. The Bertz CT molecular complexity index is 687. The molecule has 1 N–H and O–H groups in total. The maximum Gasteiger partial charge on any atom is 0.328 e. The molecule has 0 fully saturated rings. The predicted octanol–water partition coefficient (Wildman–Crippen LogP) is 2.65. The van der Waals surface area contributed by atoms with E-state index in [1.54, 1.807) is 7.11 Å². The molecule has 0 aliphatic rings. The molecule has 110 valence electrons. The van der Waals surface area contributed by atoms with Crippen molar-refractivity contribution in [3.8, 4) is 5.75 Å². The number of aryl methyl sites for hydroxylation is 2. The molecular formula is C16H18N2O3. The lowest BCUT2D eigenvalue weighted by atomic mass is 10.1. The highest BCUT2D eigenvalue weighted by Crippen LogP contribution is 2.22. The summed E-state index contributed by atoms with van der Waals surface area (Å²) in [6.45, 7) is 4.60. The van der Waals surface area contributed by atoms with Gasteiger partial charge in [0.05, 0.1) is 19.3 Å². The average Bonchev–Trinajstić information content (AvgIpc) is 2.74. The number of carboxylic acid groups (broad SMARTS) is 1. The van der Waals surface area contributed by atoms with Gasteiger partial charge in [-0.25, -0.2) is 4.79 Å². The molecule has 21 heavy (non-hydrogen) atoms. The van der Waals surface area contributed by atoms with E-state index in [1.165, 1.54) is 6.08 Å². The molecule has 0 saturated heterocycles. The zero-order chi connectivity index (χ0) is 15.4. The number of ether oxygens (including phenoxy) is 1. The van der Waals surface area contributed by atoms with Crippen molar-refractivity contribution in [3.05, 3.63) is 52.9 Å². The molecule has 0 aliphatic heterocycles. The Morgan fingerprint density at radius 3 is 2.71 bits per heavy atom. The van der Waals surface area contributed by atoms with Crippen LogP contribution in [0.2, 0.25) is 0 Å². The third kappa shape index (κ3) is 3.72. The van der Waals surface area contributed by atoms with Crippen molar-refractivity contribution in [2.75, 3.05) is 7.11 Å². The van der Waals surface area contributed by atoms with E-state index in [0.29, 0.717) is 12.3 Å². The summed E-state index contributed by atoms with van der Waals surface area (Å²) in [6, 6.07) is 7.72. The van der Waals surface area contributed by atoms with Crippen molar-refractivity contribution in [3.63, 3.8) is 0 Å². The van der Waals surface area contributed by atoms with Crippen LogP contribution in [0.4, 0.5) is 0 Å². The number of carboxylic acids is 1. The Balaban J connectivity index is 2.31. The lowest BCUT2D eigenvalue weighted by molar-refractivity contribution is -0.131. The summed E-state index contributed by atoms with van der Waals surface area (Å²) in [5.74, 6) is -0.342. The third-order valence-electron chi connectivity index (χ3n) is 3.14. The summed E-state index contributed by atoms with van der Waals surface area (Å²) in [7, 11) is 1.56. The van der Waals surface area contributed by atoms with Crippen molar-refractivity contribution in [1.82, 2.24) is 9.78 Å². The number of hydrogen-bond acceptors (Lipinski definition) is 3. The number of benzene rings is 1. The molecule has 0 amide bonds. The molecule has 5 heteroatoms. The smallest absolute Gasteiger partial charge is 0.328 e. The SMILES string of the molecule is COc1ccc(Cn2nc(C)cc2C)cc1C=CC(=O)O. The Morgan fingerprint density at radius 1 is 1.38 bits per heavy atom. The summed E-state index contributed by atoms with van der Waals surface area (Å²) in [5.41, 5.74) is 3.84. The van der Waals surface area contributed by atoms with Crippen LogP contribution in [0.5, 0.6) is 5.75 Å². The van der Waals surface area contributed by atoms with Gasteiger partial charge in [-0.05, 0) is 43.7 Å². The topological polar surface area (TPSA) is 64.4 Å². The molecular weight excluding hydrogens is 268 g/mol. The lowest BCUT2D eigenvalue weighted by Crippen LogP contribution is -2.04. The fourth-order valence-electron chi connectivity index (χ4n) is 2.18. The van der Waals surface area contributed by atoms with E-state index in [9.17, 15) is 4.79 Å². The first-order valence-corrected chi connectivity index (χ1v) is 6.58. The van der Waals surface area contributed by atoms with Crippen molar-refractivity contribution in [2.24, 2.45) is 0 Å². The van der Waals surface area contributed by atoms with Gasteiger partial charge >= 0.3 is 5.97 Å². The molecule has 1 aromatic heterocycles. The van der Waals surface area contributed by atoms with Gasteiger partial charge in [0.2, 0.25) is 0 Å². The standard InChI is InChI=1S/C16H18N2O3/c1-11-8-12(2)18(17-11)10-13-4-6-15(21-3)14(9-13)5-7-16(19)20/h4-9H,10H2,1-3H3,(H,19,20). The van der Waals surface area contributed by atoms with Crippen LogP contribution in [0.25, 0.3) is 6.08 Å². The molecule has 2 aromatic rings. The Labute approximate surface area is 123 Å². The van der Waals surface area contributed by atoms with E-state index in [2.05, 4.69) is 5.10 Å². The number of nitrogens with zero attached hydrogens (tertiary/aromatic N) is 2. The first-order valence-electron chi connectivity index (χ1n) is 6.58. The molecule has 5 nitrogen and oxygen atoms in total. The number of carbonyl (C=O) groups is 1. The van der Waals surface area contributed by atoms with Gasteiger partial charge in [-0.15, -0.1) is 0 Å². The molecule has 2 rings (SSSR count). The van der Waals surface area contributed by atoms with Gasteiger partial charge in [-0.2, -0.15) is 5.10 Å². The molecule has 0 saturated carbocycles. The summed E-state index contributed by atoms with van der Waals surface area (Å²) >= 11 is 0. The summed E-state index contributed by atoms with van der Waals surface area (Å²) in [5, 5.41) is 13.2. The monoisotopic (exact) mass is 286 g/mol. The maximum absolute atomic E-state index is 10.7. The molecule has 0 radical (unpaired) electrons. The molecule has 0 atom stereocenters. The van der Waals surface area contributed by atoms with Crippen LogP contribution in [-0.2, 0) is 11.3 Å². The Hall–Kier alpha value is -2.56. The number of aromatic nitrogens is 2. The van der Waals surface area contributed by atoms with Gasteiger partial charge in [-0.1, -0.05) is 6.07 Å². The van der Waals surface area contributed by atoms with Gasteiger partial charge in [0, 0.05) is 17.3 Å². The van der Waals surface area contributed by atoms with Crippen LogP contribution in [0.15, 0.2) is 30.3 Å². The van der Waals surface area contributed by atoms with Crippen molar-refractivity contribution >= 4 is 12.0 Å². The largest absolute Gasteiger partial charge is 0.496 e.